The molecule has 1 aliphatic carbocycles. The molecule has 6 rings (SSSR count). The number of alkyl carbamates (subject to hydrolysis) is 1. The molecule has 19 unspecified atom stereocenters. The molecule has 5 aliphatic rings. The van der Waals surface area contributed by atoms with E-state index in [1.54, 1.807) is 70.8 Å². The van der Waals surface area contributed by atoms with Crippen LogP contribution in [0.5, 0.6) is 17.2 Å². The molecule has 21 atom stereocenters. The number of aliphatic hydroxyl groups is 5. The van der Waals surface area contributed by atoms with Gasteiger partial charge in [0.15, 0.2) is 36.2 Å². The molecule has 0 spiro atoms. The molecule has 1 amide bonds. The van der Waals surface area contributed by atoms with Gasteiger partial charge >= 0.3 is 6.09 Å². The molecule has 5 fully saturated rings. The van der Waals surface area contributed by atoms with Gasteiger partial charge in [0.1, 0.15) is 42.7 Å². The summed E-state index contributed by atoms with van der Waals surface area (Å²) < 4.78 is 72.8. The van der Waals surface area contributed by atoms with Gasteiger partial charge in [-0.2, -0.15) is 5.48 Å². The van der Waals surface area contributed by atoms with Crippen molar-refractivity contribution >= 4 is 82.8 Å². The van der Waals surface area contributed by atoms with Crippen molar-refractivity contribution in [3.8, 4) is 29.1 Å². The number of aliphatic hydroxyl groups excluding tert-OH is 4. The largest absolute Gasteiger partial charge is 0.492 e. The second-order valence-corrected chi connectivity index (χ2v) is 27.4. The number of hydrogen-bond donors (Lipinski definition) is 8. The molecule has 1 aromatic rings. The first-order chi connectivity index (χ1) is 40.0. The summed E-state index contributed by atoms with van der Waals surface area (Å²) >= 11 is 2.84. The lowest BCUT2D eigenvalue weighted by molar-refractivity contribution is -0.339. The highest BCUT2D eigenvalue weighted by molar-refractivity contribution is 14.1. The molecule has 24 nitrogen and oxygen atoms in total. The fourth-order valence-electron chi connectivity index (χ4n) is 10.9. The molecule has 4 heterocycles. The Morgan fingerprint density at radius 1 is 0.917 bits per heavy atom. The van der Waals surface area contributed by atoms with E-state index in [-0.39, 0.29) is 60.8 Å². The number of amides is 1. The van der Waals surface area contributed by atoms with Crippen LogP contribution in [0.1, 0.15) is 76.7 Å². The second kappa shape index (κ2) is 33.0. The molecule has 474 valence electrons. The average molecular weight is 1380 g/mol. The molecule has 29 heteroatoms. The van der Waals surface area contributed by atoms with Gasteiger partial charge < -0.3 is 93.0 Å². The molecule has 8 N–H and O–H groups in total. The fraction of sp³-hybridized carbons (Fsp3) is 0.727. The molecule has 84 heavy (non-hydrogen) atoms. The van der Waals surface area contributed by atoms with Gasteiger partial charge in [-0.15, -0.1) is 0 Å². The second-order valence-electron chi connectivity index (χ2n) is 20.7. The summed E-state index contributed by atoms with van der Waals surface area (Å²) in [6.45, 7) is 12.8. The highest BCUT2D eigenvalue weighted by Gasteiger charge is 2.54. The zero-order chi connectivity index (χ0) is 61.7. The number of likely N-dealkylation sites (N-methyl/N-ethyl adjacent to an activating group) is 1. The first kappa shape index (κ1) is 70.8. The number of methoxy groups -OCH3 is 5. The van der Waals surface area contributed by atoms with Crippen LogP contribution in [0.4, 0.5) is 4.79 Å². The van der Waals surface area contributed by atoms with Crippen molar-refractivity contribution in [3.05, 3.63) is 38.5 Å². The third-order valence-electron chi connectivity index (χ3n) is 15.1. The van der Waals surface area contributed by atoms with Crippen LogP contribution in [0.2, 0.25) is 0 Å². The van der Waals surface area contributed by atoms with Crippen molar-refractivity contribution in [1.29, 1.82) is 0 Å². The van der Waals surface area contributed by atoms with Gasteiger partial charge in [-0.05, 0) is 104 Å². The van der Waals surface area contributed by atoms with Crippen LogP contribution in [-0.2, 0) is 52.3 Å². The number of ether oxygens (including phenoxy) is 12. The number of benzene rings is 1. The van der Waals surface area contributed by atoms with Crippen LogP contribution in [0, 0.1) is 28.3 Å². The summed E-state index contributed by atoms with van der Waals surface area (Å²) in [7, 11) is 11.4. The van der Waals surface area contributed by atoms with Crippen molar-refractivity contribution in [2.75, 3.05) is 60.7 Å². The SMILES string of the molecule is C/C=C\C#CC(OC1OC(C)C(NOC2CC(O)C(SC(=O)c3c(C)c(I)c(OC4OC(C)C(O)C(OC)C4O)c(OC)c3OC)C(C)O2)C(O)C1OC1CC(OC)[C@H](NCC)CO1)C1/C(=C\CSSSC)[C@@](C)(O)CC(=O)C1NC(=O)OC. The molecule has 0 bridgehead atoms. The Morgan fingerprint density at radius 3 is 2.26 bits per heavy atom. The highest BCUT2D eigenvalue weighted by Crippen LogP contribution is 2.49. The minimum absolute atomic E-state index is 0.0312. The number of carbonyl (C=O) groups excluding carboxylic acids is 3. The van der Waals surface area contributed by atoms with Crippen LogP contribution in [0.15, 0.2) is 23.8 Å². The molecule has 4 saturated heterocycles. The fourth-order valence-corrected chi connectivity index (χ4v) is 15.1. The van der Waals surface area contributed by atoms with Crippen molar-refractivity contribution < 1.29 is 102 Å². The normalized spacial score (nSPS) is 36.4. The first-order valence-corrected chi connectivity index (χ1v) is 33.4. The molecule has 0 radical (unpaired) electrons. The van der Waals surface area contributed by atoms with Crippen molar-refractivity contribution in [1.82, 2.24) is 16.1 Å². The van der Waals surface area contributed by atoms with Gasteiger partial charge in [0, 0.05) is 45.2 Å². The average Bonchev–Trinajstić information content (AvgIpc) is 3.57. The van der Waals surface area contributed by atoms with Gasteiger partial charge in [-0.25, -0.2) is 4.79 Å². The van der Waals surface area contributed by atoms with E-state index in [1.165, 1.54) is 56.0 Å². The van der Waals surface area contributed by atoms with E-state index in [0.29, 0.717) is 27.0 Å². The van der Waals surface area contributed by atoms with E-state index in [2.05, 4.69) is 28.0 Å². The number of allylic oxidation sites excluding steroid dienone is 2. The quantitative estimate of drug-likeness (QED) is 0.0192. The molecular formula is C55H82IN3O21S4. The van der Waals surface area contributed by atoms with Crippen LogP contribution in [-0.4, -0.2) is 225 Å². The lowest BCUT2D eigenvalue weighted by atomic mass is 9.68. The van der Waals surface area contributed by atoms with E-state index in [1.807, 2.05) is 35.8 Å². The molecule has 1 aromatic carbocycles. The number of rotatable bonds is 23. The Balaban J connectivity index is 1.24. The smallest absolute Gasteiger partial charge is 0.407 e. The highest BCUT2D eigenvalue weighted by atomic mass is 127. The number of carbonyl (C=O) groups is 3. The summed E-state index contributed by atoms with van der Waals surface area (Å²) in [6, 6.07) is -2.52. The summed E-state index contributed by atoms with van der Waals surface area (Å²) in [6.07, 6.45) is -10.7. The standard InChI is InChI=1S/C55H82IN3O21S4/c1-14-16-17-18-33(38-29(19-20-82-84-81-13)55(7,67)23-32(61)41(38)58-54(66)72-12)77-53-48(78-35-22-34(68-8)30(24-73-35)57-15-2)43(63)40(26(4)75-53)59-80-36-21-31(60)50(28(6)74-36)83-51(65)37-25(3)39(56)46(49(71-11)45(37)69-9)79-52-44(64)47(70-10)42(62)27(5)76-52/h14,16,19,26-28,30-31,33-36,38,40-44,47-48,50,52-53,57,59-60,62-64,67H,15,20-24H2,1-13H3,(H,58,66)/b16-14-,29-19+/t26?,27?,28?,30-,31?,33?,34?,35?,36?,38?,40?,41?,42?,43?,44?,47?,48?,50?,52?,53?,55+/m1/s1. The number of hydroxylamine groups is 1. The monoisotopic (exact) mass is 1380 g/mol. The molecule has 1 saturated carbocycles. The van der Waals surface area contributed by atoms with Gasteiger partial charge in [-0.1, -0.05) is 64.3 Å². The number of hydrogen-bond acceptors (Lipinski definition) is 27. The van der Waals surface area contributed by atoms with E-state index in [4.69, 9.17) is 61.7 Å². The van der Waals surface area contributed by atoms with E-state index in [9.17, 15) is 39.9 Å². The topological polar surface area (TPSA) is 308 Å². The summed E-state index contributed by atoms with van der Waals surface area (Å²) in [5.41, 5.74) is 2.18. The van der Waals surface area contributed by atoms with Crippen molar-refractivity contribution in [2.45, 2.75) is 189 Å². The molecule has 4 aliphatic heterocycles. The molecule has 0 aromatic heterocycles. The Labute approximate surface area is 520 Å². The van der Waals surface area contributed by atoms with E-state index >= 15 is 0 Å². The Kier molecular flexibility index (Phi) is 27.8. The lowest BCUT2D eigenvalue weighted by Gasteiger charge is -2.48. The van der Waals surface area contributed by atoms with Gasteiger partial charge in [0.2, 0.25) is 17.2 Å². The number of nitrogens with one attached hydrogen (secondary N) is 3. The Bertz CT molecular complexity index is 2480. The van der Waals surface area contributed by atoms with Gasteiger partial charge in [0.05, 0.1) is 90.5 Å². The zero-order valence-electron chi connectivity index (χ0n) is 49.3. The van der Waals surface area contributed by atoms with Gasteiger partial charge in [-0.3, -0.25) is 14.4 Å². The van der Waals surface area contributed by atoms with Crippen LogP contribution < -0.4 is 30.3 Å². The minimum Gasteiger partial charge on any atom is -0.492 e. The first-order valence-electron chi connectivity index (χ1n) is 27.4. The van der Waals surface area contributed by atoms with E-state index in [0.717, 1.165) is 11.8 Å². The number of halogens is 1. The Morgan fingerprint density at radius 2 is 1.63 bits per heavy atom. The van der Waals surface area contributed by atoms with Crippen LogP contribution in [0.3, 0.4) is 0 Å². The van der Waals surface area contributed by atoms with Crippen molar-refractivity contribution in [2.24, 2.45) is 5.92 Å². The number of thioether (sulfide) groups is 1. The minimum atomic E-state index is -1.69. The number of Topliss-reactive ketones (excluding diaryl/α,β-unsaturated/α-hetero) is 1. The Hall–Kier alpha value is -2.24. The van der Waals surface area contributed by atoms with Crippen LogP contribution in [0.25, 0.3) is 0 Å². The number of ketones is 1. The zero-order valence-corrected chi connectivity index (χ0v) is 54.7. The van der Waals surface area contributed by atoms with Crippen molar-refractivity contribution in [3.63, 3.8) is 0 Å². The maximum absolute atomic E-state index is 14.4. The van der Waals surface area contributed by atoms with Gasteiger partial charge in [0.25, 0.3) is 0 Å². The molecular weight excluding hydrogens is 1290 g/mol. The maximum Gasteiger partial charge on any atom is 0.407 e. The summed E-state index contributed by atoms with van der Waals surface area (Å²) in [4.78, 5) is 47.6. The third-order valence-corrected chi connectivity index (χ3v) is 21.6. The summed E-state index contributed by atoms with van der Waals surface area (Å²) in [5.74, 6) is 5.05. The lowest BCUT2D eigenvalue weighted by Crippen LogP contribution is -2.66. The van der Waals surface area contributed by atoms with E-state index < -0.39 is 132 Å². The predicted octanol–water partition coefficient (Wildman–Crippen LogP) is 3.95. The third kappa shape index (κ3) is 17.0. The summed E-state index contributed by atoms with van der Waals surface area (Å²) in [5, 5.41) is 62.6. The maximum atomic E-state index is 14.4. The van der Waals surface area contributed by atoms with Crippen LogP contribution >= 0.6 is 65.8 Å². The predicted molar refractivity (Wildman–Crippen MR) is 323 cm³/mol.